The molecule has 100 valence electrons. The van der Waals surface area contributed by atoms with Gasteiger partial charge in [-0.05, 0) is 18.2 Å². The normalized spacial score (nSPS) is 10.1. The van der Waals surface area contributed by atoms with E-state index >= 15 is 0 Å². The monoisotopic (exact) mass is 273 g/mol. The Morgan fingerprint density at radius 3 is 2.83 bits per heavy atom. The van der Waals surface area contributed by atoms with Crippen molar-refractivity contribution in [3.05, 3.63) is 23.8 Å². The molecule has 0 radical (unpaired) electrons. The molecular formula is C12H16ClNO4. The summed E-state index contributed by atoms with van der Waals surface area (Å²) in [5.74, 6) is 0.420. The summed E-state index contributed by atoms with van der Waals surface area (Å²) in [6.45, 7) is 1.25. The lowest BCUT2D eigenvalue weighted by Crippen LogP contribution is -2.27. The topological polar surface area (TPSA) is 67.8 Å². The first-order valence-electron chi connectivity index (χ1n) is 5.48. The first-order chi connectivity index (χ1) is 8.69. The highest BCUT2D eigenvalue weighted by Crippen LogP contribution is 2.25. The van der Waals surface area contributed by atoms with Crippen molar-refractivity contribution in [3.63, 3.8) is 0 Å². The number of nitrogens with one attached hydrogen (secondary N) is 1. The smallest absolute Gasteiger partial charge is 0.251 e. The maximum absolute atomic E-state index is 11.7. The van der Waals surface area contributed by atoms with E-state index in [4.69, 9.17) is 21.1 Å². The van der Waals surface area contributed by atoms with Crippen LogP contribution in [0.1, 0.15) is 10.4 Å². The molecular weight excluding hydrogens is 258 g/mol. The summed E-state index contributed by atoms with van der Waals surface area (Å²) in [5.41, 5.74) is 0.366. The van der Waals surface area contributed by atoms with Crippen molar-refractivity contribution in [3.8, 4) is 11.5 Å². The number of phenolic OH excluding ortho intramolecular Hbond substituents is 1. The van der Waals surface area contributed by atoms with Crippen LogP contribution in [-0.4, -0.2) is 43.8 Å². The summed E-state index contributed by atoms with van der Waals surface area (Å²) in [6.07, 6.45) is 0. The minimum absolute atomic E-state index is 0.0662. The second kappa shape index (κ2) is 7.79. The van der Waals surface area contributed by atoms with E-state index in [1.165, 1.54) is 19.2 Å². The number of alkyl halides is 1. The fourth-order valence-corrected chi connectivity index (χ4v) is 1.44. The fraction of sp³-hybridized carbons (Fsp3) is 0.417. The van der Waals surface area contributed by atoms with Crippen LogP contribution in [0.5, 0.6) is 11.5 Å². The minimum atomic E-state index is -0.276. The van der Waals surface area contributed by atoms with Crippen LogP contribution in [0, 0.1) is 0 Å². The predicted molar refractivity (Wildman–Crippen MR) is 68.5 cm³/mol. The van der Waals surface area contributed by atoms with Gasteiger partial charge in [-0.15, -0.1) is 11.6 Å². The molecule has 1 aromatic carbocycles. The SMILES string of the molecule is COc1ccc(C(=O)NCCOCCCl)cc1O. The molecule has 0 bridgehead atoms. The van der Waals surface area contributed by atoms with Crippen LogP contribution in [0.2, 0.25) is 0 Å². The van der Waals surface area contributed by atoms with Gasteiger partial charge in [0, 0.05) is 18.0 Å². The number of halogens is 1. The van der Waals surface area contributed by atoms with Crippen LogP contribution in [0.15, 0.2) is 18.2 Å². The Kier molecular flexibility index (Phi) is 6.32. The van der Waals surface area contributed by atoms with E-state index in [-0.39, 0.29) is 11.7 Å². The van der Waals surface area contributed by atoms with Crippen LogP contribution in [-0.2, 0) is 4.74 Å². The number of carbonyl (C=O) groups excluding carboxylic acids is 1. The van der Waals surface area contributed by atoms with Gasteiger partial charge in [0.25, 0.3) is 5.91 Å². The van der Waals surface area contributed by atoms with Crippen LogP contribution in [0.25, 0.3) is 0 Å². The molecule has 5 nitrogen and oxygen atoms in total. The number of carbonyl (C=O) groups is 1. The van der Waals surface area contributed by atoms with E-state index in [1.807, 2.05) is 0 Å². The Morgan fingerprint density at radius 2 is 2.22 bits per heavy atom. The number of aromatic hydroxyl groups is 1. The number of benzene rings is 1. The van der Waals surface area contributed by atoms with Gasteiger partial charge < -0.3 is 19.9 Å². The van der Waals surface area contributed by atoms with Crippen molar-refractivity contribution in [2.45, 2.75) is 0 Å². The van der Waals surface area contributed by atoms with Gasteiger partial charge in [-0.25, -0.2) is 0 Å². The quantitative estimate of drug-likeness (QED) is 0.582. The Labute approximate surface area is 111 Å². The number of amides is 1. The Bertz CT molecular complexity index is 398. The third-order valence-corrected chi connectivity index (χ3v) is 2.35. The summed E-state index contributed by atoms with van der Waals surface area (Å²) < 4.78 is 10.0. The van der Waals surface area contributed by atoms with Crippen molar-refractivity contribution in [1.82, 2.24) is 5.32 Å². The summed E-state index contributed by atoms with van der Waals surface area (Å²) in [4.78, 5) is 11.7. The van der Waals surface area contributed by atoms with Crippen LogP contribution >= 0.6 is 11.6 Å². The molecule has 1 aromatic rings. The molecule has 0 fully saturated rings. The number of phenols is 1. The van der Waals surface area contributed by atoms with E-state index in [2.05, 4.69) is 5.32 Å². The highest BCUT2D eigenvalue weighted by atomic mass is 35.5. The van der Waals surface area contributed by atoms with Crippen molar-refractivity contribution in [2.75, 3.05) is 32.7 Å². The third-order valence-electron chi connectivity index (χ3n) is 2.19. The van der Waals surface area contributed by atoms with Gasteiger partial charge in [-0.3, -0.25) is 4.79 Å². The molecule has 0 saturated carbocycles. The number of hydrogen-bond acceptors (Lipinski definition) is 4. The fourth-order valence-electron chi connectivity index (χ4n) is 1.33. The molecule has 6 heteroatoms. The summed E-state index contributed by atoms with van der Waals surface area (Å²) in [5, 5.41) is 12.2. The number of methoxy groups -OCH3 is 1. The predicted octanol–water partition coefficient (Wildman–Crippen LogP) is 1.39. The molecule has 0 aliphatic heterocycles. The lowest BCUT2D eigenvalue weighted by Gasteiger charge is -2.07. The Balaban J connectivity index is 2.44. The molecule has 0 aliphatic carbocycles. The number of rotatable bonds is 7. The molecule has 1 amide bonds. The molecule has 0 saturated heterocycles. The Hall–Kier alpha value is -1.46. The highest BCUT2D eigenvalue weighted by molar-refractivity contribution is 6.17. The van der Waals surface area contributed by atoms with Gasteiger partial charge in [0.15, 0.2) is 11.5 Å². The van der Waals surface area contributed by atoms with Crippen LogP contribution in [0.4, 0.5) is 0 Å². The lowest BCUT2D eigenvalue weighted by molar-refractivity contribution is 0.0923. The lowest BCUT2D eigenvalue weighted by atomic mass is 10.2. The van der Waals surface area contributed by atoms with Crippen LogP contribution in [0.3, 0.4) is 0 Å². The molecule has 0 spiro atoms. The Morgan fingerprint density at radius 1 is 1.44 bits per heavy atom. The molecule has 2 N–H and O–H groups in total. The molecule has 18 heavy (non-hydrogen) atoms. The second-order valence-electron chi connectivity index (χ2n) is 3.44. The molecule has 0 atom stereocenters. The first-order valence-corrected chi connectivity index (χ1v) is 6.01. The average Bonchev–Trinajstić information content (AvgIpc) is 2.38. The van der Waals surface area contributed by atoms with Gasteiger partial charge in [-0.2, -0.15) is 0 Å². The van der Waals surface area contributed by atoms with E-state index < -0.39 is 0 Å². The molecule has 1 rings (SSSR count). The zero-order valence-corrected chi connectivity index (χ0v) is 10.9. The standard InChI is InChI=1S/C12H16ClNO4/c1-17-11-3-2-9(8-10(11)15)12(16)14-5-7-18-6-4-13/h2-3,8,15H,4-7H2,1H3,(H,14,16). The summed E-state index contributed by atoms with van der Waals surface area (Å²) >= 11 is 5.43. The molecule has 0 aromatic heterocycles. The molecule has 0 heterocycles. The van der Waals surface area contributed by atoms with Crippen molar-refractivity contribution in [1.29, 1.82) is 0 Å². The average molecular weight is 274 g/mol. The molecule has 0 unspecified atom stereocenters. The number of hydrogen-bond donors (Lipinski definition) is 2. The van der Waals surface area contributed by atoms with E-state index in [0.717, 1.165) is 0 Å². The first kappa shape index (κ1) is 14.6. The highest BCUT2D eigenvalue weighted by Gasteiger charge is 2.08. The second-order valence-corrected chi connectivity index (χ2v) is 3.82. The van der Waals surface area contributed by atoms with Crippen molar-refractivity contribution < 1.29 is 19.4 Å². The van der Waals surface area contributed by atoms with Crippen LogP contribution < -0.4 is 10.1 Å². The zero-order chi connectivity index (χ0) is 13.4. The van der Waals surface area contributed by atoms with Gasteiger partial charge in [0.2, 0.25) is 0 Å². The van der Waals surface area contributed by atoms with Gasteiger partial charge in [0.1, 0.15) is 0 Å². The van der Waals surface area contributed by atoms with Gasteiger partial charge in [-0.1, -0.05) is 0 Å². The largest absolute Gasteiger partial charge is 0.504 e. The van der Waals surface area contributed by atoms with E-state index in [1.54, 1.807) is 6.07 Å². The van der Waals surface area contributed by atoms with E-state index in [0.29, 0.717) is 37.0 Å². The van der Waals surface area contributed by atoms with Crippen molar-refractivity contribution in [2.24, 2.45) is 0 Å². The van der Waals surface area contributed by atoms with E-state index in [9.17, 15) is 9.90 Å². The van der Waals surface area contributed by atoms with Gasteiger partial charge >= 0.3 is 0 Å². The minimum Gasteiger partial charge on any atom is -0.504 e. The van der Waals surface area contributed by atoms with Crippen molar-refractivity contribution >= 4 is 17.5 Å². The zero-order valence-electron chi connectivity index (χ0n) is 10.1. The maximum Gasteiger partial charge on any atom is 0.251 e. The van der Waals surface area contributed by atoms with Gasteiger partial charge in [0.05, 0.1) is 20.3 Å². The number of ether oxygens (including phenoxy) is 2. The maximum atomic E-state index is 11.7. The summed E-state index contributed by atoms with van der Waals surface area (Å²) in [7, 11) is 1.45. The molecule has 0 aliphatic rings. The summed E-state index contributed by atoms with van der Waals surface area (Å²) in [6, 6.07) is 4.47. The third kappa shape index (κ3) is 4.43.